The van der Waals surface area contributed by atoms with Gasteiger partial charge in [-0.1, -0.05) is 6.07 Å². The van der Waals surface area contributed by atoms with Crippen molar-refractivity contribution < 1.29 is 25.8 Å². The molecular weight excluding hydrogens is 271 g/mol. The normalized spacial score (nSPS) is 12.6. The largest absolute Gasteiger partial charge is 0.534 e. The zero-order chi connectivity index (χ0) is 13.4. The summed E-state index contributed by atoms with van der Waals surface area (Å²) in [6.45, 7) is 0. The van der Waals surface area contributed by atoms with Crippen molar-refractivity contribution >= 4 is 21.0 Å². The lowest BCUT2D eigenvalue weighted by Gasteiger charge is -2.10. The van der Waals surface area contributed by atoms with Gasteiger partial charge in [0, 0.05) is 11.6 Å². The lowest BCUT2D eigenvalue weighted by molar-refractivity contribution is -0.0499. The van der Waals surface area contributed by atoms with Crippen molar-refractivity contribution in [3.63, 3.8) is 0 Å². The van der Waals surface area contributed by atoms with Crippen molar-refractivity contribution in [2.75, 3.05) is 0 Å². The minimum atomic E-state index is -5.67. The van der Waals surface area contributed by atoms with E-state index >= 15 is 0 Å². The van der Waals surface area contributed by atoms with Gasteiger partial charge in [-0.15, -0.1) is 0 Å². The molecule has 0 spiro atoms. The number of nitrogens with zero attached hydrogens (tertiary/aromatic N) is 1. The van der Waals surface area contributed by atoms with Crippen LogP contribution in [-0.2, 0) is 10.1 Å². The second-order valence-electron chi connectivity index (χ2n) is 3.31. The number of rotatable bonds is 2. The van der Waals surface area contributed by atoms with E-state index in [-0.39, 0.29) is 5.39 Å². The van der Waals surface area contributed by atoms with Gasteiger partial charge < -0.3 is 4.18 Å². The summed E-state index contributed by atoms with van der Waals surface area (Å²) in [7, 11) is -5.67. The van der Waals surface area contributed by atoms with Gasteiger partial charge >= 0.3 is 15.6 Å². The summed E-state index contributed by atoms with van der Waals surface area (Å²) < 4.78 is 62.5. The molecule has 0 unspecified atom stereocenters. The number of hydrogen-bond donors (Lipinski definition) is 0. The molecule has 4 nitrogen and oxygen atoms in total. The minimum Gasteiger partial charge on any atom is -0.375 e. The highest BCUT2D eigenvalue weighted by molar-refractivity contribution is 7.88. The molecule has 1 heterocycles. The average molecular weight is 277 g/mol. The molecule has 0 radical (unpaired) electrons. The van der Waals surface area contributed by atoms with Gasteiger partial charge in [0.1, 0.15) is 0 Å². The lowest BCUT2D eigenvalue weighted by atomic mass is 10.2. The molecule has 0 saturated heterocycles. The van der Waals surface area contributed by atoms with E-state index in [0.717, 1.165) is 6.07 Å². The summed E-state index contributed by atoms with van der Waals surface area (Å²) in [5.41, 5.74) is -5.12. The van der Waals surface area contributed by atoms with Crippen LogP contribution < -0.4 is 4.18 Å². The Hall–Kier alpha value is -1.83. The molecule has 0 fully saturated rings. The predicted molar refractivity (Wildman–Crippen MR) is 57.3 cm³/mol. The van der Waals surface area contributed by atoms with E-state index < -0.39 is 21.4 Å². The van der Waals surface area contributed by atoms with Crippen molar-refractivity contribution in [1.82, 2.24) is 4.98 Å². The smallest absolute Gasteiger partial charge is 0.375 e. The van der Waals surface area contributed by atoms with E-state index in [9.17, 15) is 21.6 Å². The molecule has 18 heavy (non-hydrogen) atoms. The van der Waals surface area contributed by atoms with E-state index in [1.807, 2.05) is 0 Å². The molecule has 0 saturated carbocycles. The summed E-state index contributed by atoms with van der Waals surface area (Å²) in [6, 6.07) is 6.91. The van der Waals surface area contributed by atoms with Gasteiger partial charge in [-0.3, -0.25) is 4.98 Å². The zero-order valence-electron chi connectivity index (χ0n) is 8.68. The molecule has 1 aromatic carbocycles. The van der Waals surface area contributed by atoms with Crippen molar-refractivity contribution in [2.45, 2.75) is 5.51 Å². The fraction of sp³-hybridized carbons (Fsp3) is 0.100. The molecule has 0 aliphatic heterocycles. The van der Waals surface area contributed by atoms with E-state index in [4.69, 9.17) is 0 Å². The Morgan fingerprint density at radius 3 is 2.50 bits per heavy atom. The summed E-state index contributed by atoms with van der Waals surface area (Å²) >= 11 is 0. The van der Waals surface area contributed by atoms with E-state index in [2.05, 4.69) is 9.17 Å². The Balaban J connectivity index is 2.51. The van der Waals surface area contributed by atoms with Crippen LogP contribution in [0.15, 0.2) is 36.5 Å². The first-order chi connectivity index (χ1) is 8.31. The Morgan fingerprint density at radius 2 is 1.83 bits per heavy atom. The van der Waals surface area contributed by atoms with Gasteiger partial charge in [0.05, 0.1) is 5.52 Å². The van der Waals surface area contributed by atoms with Gasteiger partial charge in [0.25, 0.3) is 0 Å². The first-order valence-corrected chi connectivity index (χ1v) is 6.06. The average Bonchev–Trinajstić information content (AvgIpc) is 2.27. The molecule has 0 atom stereocenters. The monoisotopic (exact) mass is 277 g/mol. The van der Waals surface area contributed by atoms with Crippen LogP contribution in [0.4, 0.5) is 13.2 Å². The standard InChI is InChI=1S/C10H6F3NO3S/c11-10(12,13)18(15,16)17-9-5-1-4-8-7(9)3-2-6-14-8/h1-6H. The van der Waals surface area contributed by atoms with Crippen LogP contribution in [0.25, 0.3) is 10.9 Å². The molecule has 8 heteroatoms. The van der Waals surface area contributed by atoms with Gasteiger partial charge in [-0.2, -0.15) is 21.6 Å². The molecule has 0 amide bonds. The quantitative estimate of drug-likeness (QED) is 0.625. The summed E-state index contributed by atoms with van der Waals surface area (Å²) in [6.07, 6.45) is 1.43. The Kier molecular flexibility index (Phi) is 2.89. The first kappa shape index (κ1) is 12.6. The third-order valence-corrected chi connectivity index (χ3v) is 3.05. The van der Waals surface area contributed by atoms with Crippen LogP contribution >= 0.6 is 0 Å². The van der Waals surface area contributed by atoms with Crippen molar-refractivity contribution in [3.05, 3.63) is 36.5 Å². The van der Waals surface area contributed by atoms with Crippen molar-refractivity contribution in [2.24, 2.45) is 0 Å². The van der Waals surface area contributed by atoms with Crippen LogP contribution in [0, 0.1) is 0 Å². The molecule has 0 N–H and O–H groups in total. The number of pyridine rings is 1. The van der Waals surface area contributed by atoms with E-state index in [1.54, 1.807) is 0 Å². The van der Waals surface area contributed by atoms with Gasteiger partial charge in [-0.25, -0.2) is 0 Å². The van der Waals surface area contributed by atoms with Crippen molar-refractivity contribution in [1.29, 1.82) is 0 Å². The van der Waals surface area contributed by atoms with Gasteiger partial charge in [-0.05, 0) is 24.3 Å². The number of fused-ring (bicyclic) bond motifs is 1. The van der Waals surface area contributed by atoms with Crippen LogP contribution in [0.1, 0.15) is 0 Å². The lowest BCUT2D eigenvalue weighted by Crippen LogP contribution is -2.28. The first-order valence-electron chi connectivity index (χ1n) is 4.66. The number of hydrogen-bond acceptors (Lipinski definition) is 4. The molecule has 2 aromatic rings. The molecular formula is C10H6F3NO3S. The highest BCUT2D eigenvalue weighted by Crippen LogP contribution is 2.30. The summed E-state index contributed by atoms with van der Waals surface area (Å²) in [5, 5.41) is 0.188. The van der Waals surface area contributed by atoms with Crippen LogP contribution in [0.5, 0.6) is 5.75 Å². The molecule has 1 aromatic heterocycles. The fourth-order valence-electron chi connectivity index (χ4n) is 1.31. The molecule has 0 aliphatic carbocycles. The predicted octanol–water partition coefficient (Wildman–Crippen LogP) is 2.46. The number of aromatic nitrogens is 1. The maximum absolute atomic E-state index is 12.2. The maximum Gasteiger partial charge on any atom is 0.534 e. The van der Waals surface area contributed by atoms with E-state index in [1.165, 1.54) is 30.5 Å². The summed E-state index contributed by atoms with van der Waals surface area (Å²) in [4.78, 5) is 3.88. The maximum atomic E-state index is 12.2. The minimum absolute atomic E-state index is 0.188. The van der Waals surface area contributed by atoms with Crippen molar-refractivity contribution in [3.8, 4) is 5.75 Å². The Labute approximate surface area is 100 Å². The number of halogens is 3. The SMILES string of the molecule is O=S(=O)(Oc1cccc2ncccc12)C(F)(F)F. The highest BCUT2D eigenvalue weighted by Gasteiger charge is 2.48. The highest BCUT2D eigenvalue weighted by atomic mass is 32.2. The van der Waals surface area contributed by atoms with Gasteiger partial charge in [0.2, 0.25) is 0 Å². The molecule has 0 bridgehead atoms. The van der Waals surface area contributed by atoms with Crippen LogP contribution in [0.2, 0.25) is 0 Å². The Bertz CT molecular complexity index is 677. The Morgan fingerprint density at radius 1 is 1.11 bits per heavy atom. The third-order valence-electron chi connectivity index (χ3n) is 2.09. The third kappa shape index (κ3) is 2.23. The number of alkyl halides is 3. The molecule has 2 rings (SSSR count). The fourth-order valence-corrected chi connectivity index (χ4v) is 1.79. The zero-order valence-corrected chi connectivity index (χ0v) is 9.49. The second kappa shape index (κ2) is 4.13. The second-order valence-corrected chi connectivity index (χ2v) is 4.85. The summed E-state index contributed by atoms with van der Waals surface area (Å²) in [5.74, 6) is -0.405. The van der Waals surface area contributed by atoms with Crippen LogP contribution in [-0.4, -0.2) is 18.9 Å². The topological polar surface area (TPSA) is 56.3 Å². The molecule has 96 valence electrons. The number of benzene rings is 1. The van der Waals surface area contributed by atoms with Gasteiger partial charge in [0.15, 0.2) is 5.75 Å². The van der Waals surface area contributed by atoms with Crippen LogP contribution in [0.3, 0.4) is 0 Å². The van der Waals surface area contributed by atoms with E-state index in [0.29, 0.717) is 5.52 Å². The molecule has 0 aliphatic rings.